The average molecular weight is 784 g/mol. The van der Waals surface area contributed by atoms with Crippen LogP contribution in [-0.4, -0.2) is 111 Å². The largest absolute Gasteiger partial charge is 3.00 e. The molecule has 0 spiro atoms. The standard InChI is InChI=1S/2C7H9NO.2C4H4O6.2Sb/c2*1-9-7-4-2-6(8)3-5-7;2*5-1(3(7)8)2(6)4(9)10;;/h2*2-5H,8H2,1H3;2*1-2H,(H,7,8)(H,9,10);;/q;;2*-2;2*+3/p-2. The third kappa shape index (κ3) is 20.0. The molecule has 0 amide bonds. The van der Waals surface area contributed by atoms with Gasteiger partial charge in [-0.05, 0) is 48.5 Å². The molecule has 4 radical (unpaired) electrons. The van der Waals surface area contributed by atoms with Crippen molar-refractivity contribution in [3.05, 3.63) is 48.5 Å². The van der Waals surface area contributed by atoms with Crippen molar-refractivity contribution in [1.29, 1.82) is 0 Å². The molecule has 0 saturated carbocycles. The zero-order valence-electron chi connectivity index (χ0n) is 22.7. The van der Waals surface area contributed by atoms with Crippen LogP contribution in [0.25, 0.3) is 0 Å². The smallest absolute Gasteiger partial charge is 0.848 e. The number of carboxylic acid groups (broad SMARTS) is 4. The van der Waals surface area contributed by atoms with Gasteiger partial charge in [0.15, 0.2) is 0 Å². The zero-order chi connectivity index (χ0) is 30.0. The van der Waals surface area contributed by atoms with E-state index in [0.29, 0.717) is 0 Å². The second-order valence-corrected chi connectivity index (χ2v) is 6.50. The van der Waals surface area contributed by atoms with E-state index in [0.717, 1.165) is 22.9 Å². The van der Waals surface area contributed by atoms with E-state index >= 15 is 0 Å². The number of carbonyl (C=O) groups is 4. The van der Waals surface area contributed by atoms with E-state index < -0.39 is 48.3 Å². The van der Waals surface area contributed by atoms with E-state index in [1.165, 1.54) is 0 Å². The molecule has 4 unspecified atom stereocenters. The summed E-state index contributed by atoms with van der Waals surface area (Å²) in [6.45, 7) is 0. The quantitative estimate of drug-likeness (QED) is 0.185. The summed E-state index contributed by atoms with van der Waals surface area (Å²) in [5.41, 5.74) is 12.4. The number of carbonyl (C=O) groups excluding carboxylic acids is 4. The van der Waals surface area contributed by atoms with Crippen LogP contribution in [0.5, 0.6) is 11.5 Å². The Balaban J connectivity index is -0.0000000997. The number of nitrogens with two attached hydrogens (primary N) is 2. The number of anilines is 2. The number of hydrogen-bond donors (Lipinski definition) is 2. The maximum Gasteiger partial charge on any atom is 3.00 e. The van der Waals surface area contributed by atoms with Gasteiger partial charge in [0.1, 0.15) is 11.5 Å². The van der Waals surface area contributed by atoms with Crippen molar-refractivity contribution in [3.63, 3.8) is 0 Å². The molecule has 0 fully saturated rings. The molecule has 0 aliphatic heterocycles. The van der Waals surface area contributed by atoms with E-state index in [4.69, 9.17) is 20.9 Å². The first kappa shape index (κ1) is 44.0. The molecule has 0 aliphatic rings. The molecule has 4 atom stereocenters. The maximum absolute atomic E-state index is 9.97. The van der Waals surface area contributed by atoms with Gasteiger partial charge in [-0.15, -0.1) is 0 Å². The molecular formula is C22H24N2O14Sb2. The molecule has 4 N–H and O–H groups in total. The molecule has 40 heavy (non-hydrogen) atoms. The average Bonchev–Trinajstić information content (AvgIpc) is 2.88. The molecule has 18 heteroatoms. The van der Waals surface area contributed by atoms with Crippen molar-refractivity contribution in [2.24, 2.45) is 0 Å². The molecule has 16 nitrogen and oxygen atoms in total. The van der Waals surface area contributed by atoms with Gasteiger partial charge in [0.05, 0.1) is 14.2 Å². The van der Waals surface area contributed by atoms with Gasteiger partial charge in [-0.2, -0.15) is 0 Å². The summed E-state index contributed by atoms with van der Waals surface area (Å²) in [6, 6.07) is 14.5. The topological polar surface area (TPSA) is 323 Å². The van der Waals surface area contributed by atoms with Gasteiger partial charge < -0.3 is 81.0 Å². The fraction of sp³-hybridized carbons (Fsp3) is 0.273. The number of nitrogen functional groups attached to an aromatic ring is 2. The predicted octanol–water partition coefficient (Wildman–Crippen LogP) is -10.1. The molecule has 2 aromatic carbocycles. The first-order chi connectivity index (χ1) is 17.6. The van der Waals surface area contributed by atoms with Crippen molar-refractivity contribution < 1.29 is 72.4 Å². The van der Waals surface area contributed by atoms with Crippen LogP contribution in [0, 0.1) is 0 Å². The SMILES string of the molecule is COc1ccc(N)cc1.COc1ccc(N)cc1.O=C([O-])C([O-])C([O-])C(=O)[O-].O=C([O-])C([O-])C([O-])C(=O)[O-].[H+].[H+].[Sb+3].[Sb+3]. The van der Waals surface area contributed by atoms with Crippen molar-refractivity contribution in [2.75, 3.05) is 25.7 Å². The molecule has 0 aromatic heterocycles. The summed E-state index contributed by atoms with van der Waals surface area (Å²) < 4.78 is 9.83. The predicted molar refractivity (Wildman–Crippen MR) is 124 cm³/mol. The van der Waals surface area contributed by atoms with Crippen LogP contribution < -0.4 is 61.8 Å². The van der Waals surface area contributed by atoms with Crippen LogP contribution in [0.3, 0.4) is 0 Å². The Bertz CT molecular complexity index is 904. The number of hydrogen-bond acceptors (Lipinski definition) is 16. The van der Waals surface area contributed by atoms with Gasteiger partial charge in [-0.3, -0.25) is 0 Å². The van der Waals surface area contributed by atoms with Crippen LogP contribution in [0.15, 0.2) is 48.5 Å². The van der Waals surface area contributed by atoms with Gasteiger partial charge in [0.25, 0.3) is 0 Å². The van der Waals surface area contributed by atoms with Crippen LogP contribution in [-0.2, 0) is 19.2 Å². The van der Waals surface area contributed by atoms with E-state index in [-0.39, 0.29) is 51.7 Å². The molecule has 0 heterocycles. The van der Waals surface area contributed by atoms with E-state index in [2.05, 4.69) is 0 Å². The van der Waals surface area contributed by atoms with E-state index in [1.807, 2.05) is 24.3 Å². The maximum atomic E-state index is 9.97. The van der Waals surface area contributed by atoms with Crippen LogP contribution in [0.4, 0.5) is 11.4 Å². The van der Waals surface area contributed by atoms with Crippen LogP contribution in [0.1, 0.15) is 2.85 Å². The fourth-order valence-electron chi connectivity index (χ4n) is 1.70. The number of methoxy groups -OCH3 is 2. The Morgan fingerprint density at radius 1 is 0.550 bits per heavy atom. The molecule has 216 valence electrons. The number of aliphatic carboxylic acids is 4. The van der Waals surface area contributed by atoms with Gasteiger partial charge in [-0.25, -0.2) is 0 Å². The summed E-state index contributed by atoms with van der Waals surface area (Å²) in [6.07, 6.45) is -11.2. The zero-order valence-corrected chi connectivity index (χ0v) is 25.8. The van der Waals surface area contributed by atoms with E-state index in [9.17, 15) is 60.0 Å². The summed E-state index contributed by atoms with van der Waals surface area (Å²) in [5, 5.41) is 78.0. The Morgan fingerprint density at radius 3 is 0.850 bits per heavy atom. The van der Waals surface area contributed by atoms with Crippen molar-refractivity contribution >= 4 is 84.1 Å². The molecule has 2 aromatic rings. The monoisotopic (exact) mass is 782 g/mol. The second kappa shape index (κ2) is 23.8. The minimum atomic E-state index is -2.80. The van der Waals surface area contributed by atoms with Crippen molar-refractivity contribution in [3.8, 4) is 11.5 Å². The molecule has 0 bridgehead atoms. The van der Waals surface area contributed by atoms with Crippen molar-refractivity contribution in [1.82, 2.24) is 0 Å². The molecule has 0 saturated heterocycles. The number of carboxylic acids is 4. The van der Waals surface area contributed by atoms with Gasteiger partial charge in [-0.1, -0.05) is 24.4 Å². The third-order valence-corrected chi connectivity index (χ3v) is 3.71. The van der Waals surface area contributed by atoms with Gasteiger partial charge in [0.2, 0.25) is 0 Å². The summed E-state index contributed by atoms with van der Waals surface area (Å²) in [4.78, 5) is 38.1. The minimum absolute atomic E-state index is 0. The van der Waals surface area contributed by atoms with Gasteiger partial charge >= 0.3 is 51.7 Å². The van der Waals surface area contributed by atoms with Gasteiger partial charge in [0, 0.05) is 35.3 Å². The first-order valence-electron chi connectivity index (χ1n) is 9.84. The molecular weight excluding hydrogens is 760 g/mol. The van der Waals surface area contributed by atoms with Crippen LogP contribution >= 0.6 is 0 Å². The summed E-state index contributed by atoms with van der Waals surface area (Å²) in [5.74, 6) is -7.25. The Morgan fingerprint density at radius 2 is 0.725 bits per heavy atom. The molecule has 0 aliphatic carbocycles. The second-order valence-electron chi connectivity index (χ2n) is 6.50. The normalized spacial score (nSPS) is 11.9. The minimum Gasteiger partial charge on any atom is -0.848 e. The number of benzene rings is 2. The first-order valence-corrected chi connectivity index (χ1v) is 9.84. The number of rotatable bonds is 8. The number of ether oxygens (including phenoxy) is 2. The summed E-state index contributed by atoms with van der Waals surface area (Å²) >= 11 is 0. The Kier molecular flexibility index (Phi) is 26.2. The molecule has 2 rings (SSSR count). The van der Waals surface area contributed by atoms with Crippen molar-refractivity contribution in [2.45, 2.75) is 24.4 Å². The Hall–Kier alpha value is -3.00. The summed E-state index contributed by atoms with van der Waals surface area (Å²) in [7, 11) is 3.26. The van der Waals surface area contributed by atoms with E-state index in [1.54, 1.807) is 38.5 Å². The fourth-order valence-corrected chi connectivity index (χ4v) is 1.70. The third-order valence-electron chi connectivity index (χ3n) is 3.71. The Labute approximate surface area is 265 Å². The van der Waals surface area contributed by atoms with Crippen LogP contribution in [0.2, 0.25) is 0 Å².